The zero-order valence-corrected chi connectivity index (χ0v) is 10.3. The Balaban J connectivity index is 1.93. The fourth-order valence-electron chi connectivity index (χ4n) is 1.70. The van der Waals surface area contributed by atoms with Crippen LogP contribution in [0.1, 0.15) is 19.3 Å². The van der Waals surface area contributed by atoms with Gasteiger partial charge in [0.1, 0.15) is 5.75 Å². The maximum atomic E-state index is 11.9. The molecule has 0 N–H and O–H groups in total. The lowest BCUT2D eigenvalue weighted by atomic mass is 10.1. The molecule has 0 aliphatic carbocycles. The standard InChI is InChI=1S/C14H14O2S/c1-2-3-4-7-11(15)13-10-17-14-9-6-5-8-12(14)16-13/h1,5-6,8-9,13H,3-4,7,10H2. The molecule has 3 heteroatoms. The third-order valence-corrected chi connectivity index (χ3v) is 3.73. The number of hydrogen-bond acceptors (Lipinski definition) is 3. The smallest absolute Gasteiger partial charge is 0.174 e. The number of unbranched alkanes of at least 4 members (excludes halogenated alkanes) is 1. The van der Waals surface area contributed by atoms with E-state index in [2.05, 4.69) is 5.92 Å². The Labute approximate surface area is 106 Å². The molecule has 88 valence electrons. The topological polar surface area (TPSA) is 26.3 Å². The van der Waals surface area contributed by atoms with Crippen molar-refractivity contribution in [3.05, 3.63) is 24.3 Å². The number of thioether (sulfide) groups is 1. The zero-order valence-electron chi connectivity index (χ0n) is 9.52. The van der Waals surface area contributed by atoms with E-state index in [9.17, 15) is 4.79 Å². The van der Waals surface area contributed by atoms with Gasteiger partial charge in [-0.05, 0) is 18.6 Å². The lowest BCUT2D eigenvalue weighted by Gasteiger charge is -2.24. The van der Waals surface area contributed by atoms with Crippen molar-refractivity contribution in [2.24, 2.45) is 0 Å². The summed E-state index contributed by atoms with van der Waals surface area (Å²) in [7, 11) is 0. The van der Waals surface area contributed by atoms with Crippen LogP contribution in [0.15, 0.2) is 29.2 Å². The monoisotopic (exact) mass is 246 g/mol. The molecule has 0 radical (unpaired) electrons. The number of hydrogen-bond donors (Lipinski definition) is 0. The van der Waals surface area contributed by atoms with Gasteiger partial charge in [-0.1, -0.05) is 12.1 Å². The van der Waals surface area contributed by atoms with Crippen LogP contribution in [-0.4, -0.2) is 17.6 Å². The van der Waals surface area contributed by atoms with Crippen molar-refractivity contribution in [1.29, 1.82) is 0 Å². The van der Waals surface area contributed by atoms with Crippen LogP contribution in [0.4, 0.5) is 0 Å². The lowest BCUT2D eigenvalue weighted by molar-refractivity contribution is -0.125. The Bertz CT molecular complexity index is 448. The summed E-state index contributed by atoms with van der Waals surface area (Å²) < 4.78 is 5.70. The van der Waals surface area contributed by atoms with E-state index in [0.29, 0.717) is 18.6 Å². The van der Waals surface area contributed by atoms with Crippen molar-refractivity contribution >= 4 is 17.5 Å². The summed E-state index contributed by atoms with van der Waals surface area (Å²) >= 11 is 1.68. The number of benzene rings is 1. The Kier molecular flexibility index (Phi) is 4.11. The van der Waals surface area contributed by atoms with E-state index >= 15 is 0 Å². The van der Waals surface area contributed by atoms with E-state index in [4.69, 9.17) is 11.2 Å². The summed E-state index contributed by atoms with van der Waals surface area (Å²) in [5, 5.41) is 0. The van der Waals surface area contributed by atoms with Crippen molar-refractivity contribution < 1.29 is 9.53 Å². The van der Waals surface area contributed by atoms with Crippen molar-refractivity contribution in [1.82, 2.24) is 0 Å². The molecule has 2 nitrogen and oxygen atoms in total. The highest BCUT2D eigenvalue weighted by Gasteiger charge is 2.25. The van der Waals surface area contributed by atoms with Gasteiger partial charge < -0.3 is 4.74 Å². The highest BCUT2D eigenvalue weighted by molar-refractivity contribution is 7.99. The normalized spacial score (nSPS) is 17.7. The summed E-state index contributed by atoms with van der Waals surface area (Å²) in [4.78, 5) is 13.0. The maximum absolute atomic E-state index is 11.9. The van der Waals surface area contributed by atoms with Crippen LogP contribution in [0, 0.1) is 12.3 Å². The van der Waals surface area contributed by atoms with Gasteiger partial charge >= 0.3 is 0 Å². The second-order valence-corrected chi connectivity index (χ2v) is 4.95. The Morgan fingerprint density at radius 3 is 3.18 bits per heavy atom. The van der Waals surface area contributed by atoms with Crippen molar-refractivity contribution in [2.75, 3.05) is 5.75 Å². The van der Waals surface area contributed by atoms with Crippen LogP contribution in [0.3, 0.4) is 0 Å². The number of ether oxygens (including phenoxy) is 1. The molecule has 1 aliphatic rings. The number of Topliss-reactive ketones (excluding diaryl/α,β-unsaturated/α-hetero) is 1. The van der Waals surface area contributed by atoms with E-state index in [1.807, 2.05) is 24.3 Å². The number of carbonyl (C=O) groups excluding carboxylic acids is 1. The first-order valence-corrected chi connectivity index (χ1v) is 6.64. The van der Waals surface area contributed by atoms with Crippen LogP contribution < -0.4 is 4.74 Å². The predicted octanol–water partition coefficient (Wildman–Crippen LogP) is 2.91. The SMILES string of the molecule is C#CCCCC(=O)C1CSc2ccccc2O1. The molecular formula is C14H14O2S. The van der Waals surface area contributed by atoms with Crippen LogP contribution in [0.25, 0.3) is 0 Å². The second kappa shape index (κ2) is 5.79. The van der Waals surface area contributed by atoms with Crippen LogP contribution in [-0.2, 0) is 4.79 Å². The van der Waals surface area contributed by atoms with E-state index < -0.39 is 0 Å². The number of fused-ring (bicyclic) bond motifs is 1. The van der Waals surface area contributed by atoms with Gasteiger partial charge in [-0.25, -0.2) is 0 Å². The fourth-order valence-corrected chi connectivity index (χ4v) is 2.72. The third-order valence-electron chi connectivity index (χ3n) is 2.61. The molecule has 1 aliphatic heterocycles. The predicted molar refractivity (Wildman–Crippen MR) is 69.3 cm³/mol. The fraction of sp³-hybridized carbons (Fsp3) is 0.357. The molecule has 0 bridgehead atoms. The first kappa shape index (κ1) is 12.1. The number of rotatable bonds is 4. The Morgan fingerprint density at radius 2 is 2.35 bits per heavy atom. The number of para-hydroxylation sites is 1. The largest absolute Gasteiger partial charge is 0.481 e. The number of carbonyl (C=O) groups is 1. The van der Waals surface area contributed by atoms with Gasteiger partial charge in [0.15, 0.2) is 11.9 Å². The molecule has 1 unspecified atom stereocenters. The molecule has 0 saturated heterocycles. The summed E-state index contributed by atoms with van der Waals surface area (Å²) in [6, 6.07) is 7.82. The van der Waals surface area contributed by atoms with Gasteiger partial charge in [-0.2, -0.15) is 0 Å². The van der Waals surface area contributed by atoms with E-state index in [1.54, 1.807) is 11.8 Å². The first-order chi connectivity index (χ1) is 8.31. The molecular weight excluding hydrogens is 232 g/mol. The molecule has 2 rings (SSSR count). The molecule has 0 saturated carbocycles. The molecule has 0 aromatic heterocycles. The van der Waals surface area contributed by atoms with Crippen molar-refractivity contribution in [3.63, 3.8) is 0 Å². The second-order valence-electron chi connectivity index (χ2n) is 3.89. The van der Waals surface area contributed by atoms with E-state index in [1.165, 1.54) is 0 Å². The van der Waals surface area contributed by atoms with Crippen LogP contribution >= 0.6 is 11.8 Å². The molecule has 0 spiro atoms. The number of terminal acetylenes is 1. The average molecular weight is 246 g/mol. The molecule has 0 fully saturated rings. The van der Waals surface area contributed by atoms with E-state index in [0.717, 1.165) is 17.1 Å². The van der Waals surface area contributed by atoms with Gasteiger partial charge in [0.05, 0.1) is 0 Å². The molecule has 17 heavy (non-hydrogen) atoms. The molecule has 1 aromatic rings. The summed E-state index contributed by atoms with van der Waals surface area (Å²) in [6.45, 7) is 0. The summed E-state index contributed by atoms with van der Waals surface area (Å²) in [6.07, 6.45) is 6.77. The van der Waals surface area contributed by atoms with Gasteiger partial charge in [-0.3, -0.25) is 4.79 Å². The average Bonchev–Trinajstić information content (AvgIpc) is 2.38. The summed E-state index contributed by atoms with van der Waals surface area (Å²) in [5.41, 5.74) is 0. The minimum atomic E-state index is -0.312. The highest BCUT2D eigenvalue weighted by atomic mass is 32.2. The van der Waals surface area contributed by atoms with Crippen molar-refractivity contribution in [3.8, 4) is 18.1 Å². The third kappa shape index (κ3) is 3.04. The van der Waals surface area contributed by atoms with Gasteiger partial charge in [-0.15, -0.1) is 24.1 Å². The first-order valence-electron chi connectivity index (χ1n) is 5.66. The minimum Gasteiger partial charge on any atom is -0.481 e. The van der Waals surface area contributed by atoms with Crippen LogP contribution in [0.2, 0.25) is 0 Å². The van der Waals surface area contributed by atoms with Gasteiger partial charge in [0, 0.05) is 23.5 Å². The quantitative estimate of drug-likeness (QED) is 0.603. The maximum Gasteiger partial charge on any atom is 0.174 e. The minimum absolute atomic E-state index is 0.155. The Hall–Kier alpha value is -1.40. The Morgan fingerprint density at radius 1 is 1.53 bits per heavy atom. The highest BCUT2D eigenvalue weighted by Crippen LogP contribution is 2.35. The zero-order chi connectivity index (χ0) is 12.1. The van der Waals surface area contributed by atoms with Gasteiger partial charge in [0.2, 0.25) is 0 Å². The van der Waals surface area contributed by atoms with Crippen molar-refractivity contribution in [2.45, 2.75) is 30.3 Å². The van der Waals surface area contributed by atoms with E-state index in [-0.39, 0.29) is 11.9 Å². The number of ketones is 1. The lowest BCUT2D eigenvalue weighted by Crippen LogP contribution is -2.32. The molecule has 1 atom stereocenters. The molecule has 0 amide bonds. The van der Waals surface area contributed by atoms with Gasteiger partial charge in [0.25, 0.3) is 0 Å². The van der Waals surface area contributed by atoms with Crippen LogP contribution in [0.5, 0.6) is 5.75 Å². The molecule has 1 heterocycles. The molecule has 1 aromatic carbocycles. The summed E-state index contributed by atoms with van der Waals surface area (Å²) in [5.74, 6) is 4.22.